The molecule has 2 nitrogen and oxygen atoms in total. The Kier molecular flexibility index (Phi) is 2.72. The van der Waals surface area contributed by atoms with E-state index in [-0.39, 0.29) is 5.69 Å². The second-order valence-corrected chi connectivity index (χ2v) is 3.34. The van der Waals surface area contributed by atoms with Crippen molar-refractivity contribution in [3.63, 3.8) is 0 Å². The Balaban J connectivity index is 2.32. The molecule has 0 saturated heterocycles. The zero-order valence-corrected chi connectivity index (χ0v) is 8.37. The third kappa shape index (κ3) is 2.11. The standard InChI is InChI=1S/C12H10F2N2/c13-9-6-11(15)12(7-10(9)14)16-8-4-2-1-3-5-8/h1-7,16H,15H2. The van der Waals surface area contributed by atoms with Crippen LogP contribution in [0.15, 0.2) is 42.5 Å². The highest BCUT2D eigenvalue weighted by Gasteiger charge is 2.07. The number of benzene rings is 2. The maximum Gasteiger partial charge on any atom is 0.161 e. The summed E-state index contributed by atoms with van der Waals surface area (Å²) >= 11 is 0. The molecular weight excluding hydrogens is 210 g/mol. The Bertz CT molecular complexity index is 498. The molecule has 82 valence electrons. The maximum absolute atomic E-state index is 13.0. The molecule has 0 atom stereocenters. The summed E-state index contributed by atoms with van der Waals surface area (Å²) in [7, 11) is 0. The molecule has 0 aromatic heterocycles. The summed E-state index contributed by atoms with van der Waals surface area (Å²) < 4.78 is 25.8. The van der Waals surface area contributed by atoms with E-state index in [2.05, 4.69) is 5.32 Å². The number of nitrogens with one attached hydrogen (secondary N) is 1. The van der Waals surface area contributed by atoms with Crippen molar-refractivity contribution in [2.45, 2.75) is 0 Å². The molecule has 0 fully saturated rings. The van der Waals surface area contributed by atoms with Gasteiger partial charge in [-0.2, -0.15) is 0 Å². The number of anilines is 3. The lowest BCUT2D eigenvalue weighted by molar-refractivity contribution is 0.509. The van der Waals surface area contributed by atoms with Gasteiger partial charge in [0.05, 0.1) is 11.4 Å². The van der Waals surface area contributed by atoms with E-state index >= 15 is 0 Å². The van der Waals surface area contributed by atoms with Crippen LogP contribution in [0.2, 0.25) is 0 Å². The van der Waals surface area contributed by atoms with E-state index < -0.39 is 11.6 Å². The topological polar surface area (TPSA) is 38.0 Å². The first-order chi connectivity index (χ1) is 7.66. The Morgan fingerprint density at radius 1 is 0.938 bits per heavy atom. The SMILES string of the molecule is Nc1cc(F)c(F)cc1Nc1ccccc1. The van der Waals surface area contributed by atoms with Crippen molar-refractivity contribution in [3.8, 4) is 0 Å². The van der Waals surface area contributed by atoms with Crippen LogP contribution in [0.3, 0.4) is 0 Å². The van der Waals surface area contributed by atoms with Crippen LogP contribution in [-0.4, -0.2) is 0 Å². The van der Waals surface area contributed by atoms with Gasteiger partial charge in [-0.15, -0.1) is 0 Å². The fourth-order valence-corrected chi connectivity index (χ4v) is 1.35. The molecule has 16 heavy (non-hydrogen) atoms. The minimum absolute atomic E-state index is 0.169. The lowest BCUT2D eigenvalue weighted by Crippen LogP contribution is -1.98. The third-order valence-corrected chi connectivity index (χ3v) is 2.15. The Morgan fingerprint density at radius 3 is 2.25 bits per heavy atom. The van der Waals surface area contributed by atoms with Crippen molar-refractivity contribution in [1.29, 1.82) is 0 Å². The fourth-order valence-electron chi connectivity index (χ4n) is 1.35. The lowest BCUT2D eigenvalue weighted by Gasteiger charge is -2.09. The summed E-state index contributed by atoms with van der Waals surface area (Å²) in [6, 6.07) is 11.1. The van der Waals surface area contributed by atoms with Gasteiger partial charge in [0.2, 0.25) is 0 Å². The number of hydrogen-bond acceptors (Lipinski definition) is 2. The van der Waals surface area contributed by atoms with Crippen molar-refractivity contribution in [2.75, 3.05) is 11.1 Å². The summed E-state index contributed by atoms with van der Waals surface area (Å²) in [4.78, 5) is 0. The highest BCUT2D eigenvalue weighted by molar-refractivity contribution is 5.72. The van der Waals surface area contributed by atoms with Gasteiger partial charge in [-0.05, 0) is 12.1 Å². The average Bonchev–Trinajstić information content (AvgIpc) is 2.27. The van der Waals surface area contributed by atoms with Crippen molar-refractivity contribution < 1.29 is 8.78 Å². The molecule has 4 heteroatoms. The van der Waals surface area contributed by atoms with Gasteiger partial charge >= 0.3 is 0 Å². The molecule has 0 aliphatic rings. The monoisotopic (exact) mass is 220 g/mol. The lowest BCUT2D eigenvalue weighted by atomic mass is 10.2. The van der Waals surface area contributed by atoms with Crippen LogP contribution in [0.4, 0.5) is 25.8 Å². The smallest absolute Gasteiger partial charge is 0.161 e. The normalized spacial score (nSPS) is 10.1. The molecule has 0 spiro atoms. The van der Waals surface area contributed by atoms with Gasteiger partial charge in [-0.3, -0.25) is 0 Å². The van der Waals surface area contributed by atoms with Gasteiger partial charge < -0.3 is 11.1 Å². The van der Waals surface area contributed by atoms with Gasteiger partial charge in [0.25, 0.3) is 0 Å². The minimum atomic E-state index is -0.948. The first kappa shape index (κ1) is 10.4. The second kappa shape index (κ2) is 4.18. The first-order valence-electron chi connectivity index (χ1n) is 4.73. The van der Waals surface area contributed by atoms with Crippen molar-refractivity contribution in [2.24, 2.45) is 0 Å². The van der Waals surface area contributed by atoms with E-state index in [1.165, 1.54) is 0 Å². The average molecular weight is 220 g/mol. The van der Waals surface area contributed by atoms with Crippen LogP contribution in [-0.2, 0) is 0 Å². The van der Waals surface area contributed by atoms with Crippen LogP contribution in [0, 0.1) is 11.6 Å². The van der Waals surface area contributed by atoms with E-state index in [0.29, 0.717) is 5.69 Å². The molecule has 2 aromatic carbocycles. The highest BCUT2D eigenvalue weighted by Crippen LogP contribution is 2.25. The third-order valence-electron chi connectivity index (χ3n) is 2.15. The minimum Gasteiger partial charge on any atom is -0.397 e. The first-order valence-corrected chi connectivity index (χ1v) is 4.73. The zero-order chi connectivity index (χ0) is 11.5. The van der Waals surface area contributed by atoms with Crippen molar-refractivity contribution in [1.82, 2.24) is 0 Å². The largest absolute Gasteiger partial charge is 0.397 e. The molecule has 2 rings (SSSR count). The highest BCUT2D eigenvalue weighted by atomic mass is 19.2. The Hall–Kier alpha value is -2.10. The van der Waals surface area contributed by atoms with Gasteiger partial charge in [-0.1, -0.05) is 18.2 Å². The molecule has 0 radical (unpaired) electrons. The number of halogens is 2. The molecule has 0 aliphatic carbocycles. The van der Waals surface area contributed by atoms with Gasteiger partial charge in [0.15, 0.2) is 11.6 Å². The Morgan fingerprint density at radius 2 is 1.56 bits per heavy atom. The van der Waals surface area contributed by atoms with Crippen LogP contribution >= 0.6 is 0 Å². The quantitative estimate of drug-likeness (QED) is 0.762. The predicted octanol–water partition coefficient (Wildman–Crippen LogP) is 3.29. The number of nitrogen functional groups attached to an aromatic ring is 1. The molecule has 0 saturated carbocycles. The van der Waals surface area contributed by atoms with E-state index in [9.17, 15) is 8.78 Å². The molecule has 0 bridgehead atoms. The zero-order valence-electron chi connectivity index (χ0n) is 8.37. The number of hydrogen-bond donors (Lipinski definition) is 2. The number of para-hydroxylation sites is 1. The molecule has 0 aliphatic heterocycles. The molecule has 0 amide bonds. The van der Waals surface area contributed by atoms with E-state index in [1.807, 2.05) is 18.2 Å². The van der Waals surface area contributed by atoms with Crippen LogP contribution in [0.1, 0.15) is 0 Å². The Labute approximate surface area is 91.7 Å². The number of nitrogens with two attached hydrogens (primary N) is 1. The summed E-state index contributed by atoms with van der Waals surface area (Å²) in [6.07, 6.45) is 0. The summed E-state index contributed by atoms with van der Waals surface area (Å²) in [6.45, 7) is 0. The molecule has 2 aromatic rings. The molecular formula is C12H10F2N2. The van der Waals surface area contributed by atoms with Gasteiger partial charge in [-0.25, -0.2) is 8.78 Å². The predicted molar refractivity (Wildman–Crippen MR) is 60.5 cm³/mol. The summed E-state index contributed by atoms with van der Waals surface area (Å²) in [5.74, 6) is -1.87. The van der Waals surface area contributed by atoms with Crippen LogP contribution in [0.25, 0.3) is 0 Å². The second-order valence-electron chi connectivity index (χ2n) is 3.34. The van der Waals surface area contributed by atoms with Crippen LogP contribution in [0.5, 0.6) is 0 Å². The van der Waals surface area contributed by atoms with E-state index in [1.54, 1.807) is 12.1 Å². The fraction of sp³-hybridized carbons (Fsp3) is 0. The van der Waals surface area contributed by atoms with Crippen molar-refractivity contribution in [3.05, 3.63) is 54.1 Å². The molecule has 0 heterocycles. The maximum atomic E-state index is 13.0. The van der Waals surface area contributed by atoms with E-state index in [4.69, 9.17) is 5.73 Å². The van der Waals surface area contributed by atoms with Crippen LogP contribution < -0.4 is 11.1 Å². The molecule has 3 N–H and O–H groups in total. The summed E-state index contributed by atoms with van der Waals surface area (Å²) in [5, 5.41) is 2.91. The van der Waals surface area contributed by atoms with Gasteiger partial charge in [0, 0.05) is 17.8 Å². The van der Waals surface area contributed by atoms with Gasteiger partial charge in [0.1, 0.15) is 0 Å². The van der Waals surface area contributed by atoms with E-state index in [0.717, 1.165) is 17.8 Å². The summed E-state index contributed by atoms with van der Waals surface area (Å²) in [5.41, 5.74) is 6.85. The molecule has 0 unspecified atom stereocenters. The number of rotatable bonds is 2. The van der Waals surface area contributed by atoms with Crippen molar-refractivity contribution >= 4 is 17.1 Å².